The maximum atomic E-state index is 10.8. The molecule has 1 amide bonds. The summed E-state index contributed by atoms with van der Waals surface area (Å²) < 4.78 is 0. The molecule has 0 saturated heterocycles. The average Bonchev–Trinajstić information content (AvgIpc) is 2.19. The van der Waals surface area contributed by atoms with Gasteiger partial charge in [0.1, 0.15) is 0 Å². The van der Waals surface area contributed by atoms with Gasteiger partial charge in [0.15, 0.2) is 0 Å². The van der Waals surface area contributed by atoms with Crippen LogP contribution in [0.4, 0.5) is 0 Å². The molecule has 0 aliphatic rings. The van der Waals surface area contributed by atoms with Gasteiger partial charge in [-0.05, 0) is 6.92 Å². The van der Waals surface area contributed by atoms with Crippen molar-refractivity contribution in [2.75, 3.05) is 0 Å². The molecule has 0 aliphatic carbocycles. The molecular weight excluding hydrogens is 188 g/mol. The second-order valence-corrected chi connectivity index (χ2v) is 2.79. The van der Waals surface area contributed by atoms with E-state index in [1.54, 1.807) is 19.1 Å². The Balaban J connectivity index is 0. The van der Waals surface area contributed by atoms with Gasteiger partial charge >= 0.3 is 0 Å². The summed E-state index contributed by atoms with van der Waals surface area (Å²) in [5.74, 6) is -0.550. The van der Waals surface area contributed by atoms with E-state index >= 15 is 0 Å². The Morgan fingerprint density at radius 2 is 1.93 bits per heavy atom. The lowest BCUT2D eigenvalue weighted by Crippen LogP contribution is -2.14. The zero-order valence-electron chi connectivity index (χ0n) is 9.71. The van der Waals surface area contributed by atoms with E-state index in [1.807, 2.05) is 0 Å². The van der Waals surface area contributed by atoms with Crippen LogP contribution in [0.25, 0.3) is 0 Å². The van der Waals surface area contributed by atoms with Crippen molar-refractivity contribution in [3.05, 3.63) is 36.0 Å². The number of hydrogen-bond acceptors (Lipinski definition) is 2. The molecule has 0 rings (SSSR count). The van der Waals surface area contributed by atoms with Crippen molar-refractivity contribution >= 4 is 12.1 Å². The fourth-order valence-corrected chi connectivity index (χ4v) is 0.734. The summed E-state index contributed by atoms with van der Waals surface area (Å²) >= 11 is 0. The Morgan fingerprint density at radius 1 is 1.47 bits per heavy atom. The van der Waals surface area contributed by atoms with Crippen molar-refractivity contribution in [2.24, 2.45) is 5.73 Å². The molecule has 0 saturated carbocycles. The SMILES string of the molecule is C=C/C(C=N)=C(\C=C/C)C(N)=O.CCC. The lowest BCUT2D eigenvalue weighted by molar-refractivity contribution is -0.114. The number of nitrogens with two attached hydrogens (primary N) is 1. The predicted octanol–water partition coefficient (Wildman–Crippen LogP) is 2.60. The second-order valence-electron chi connectivity index (χ2n) is 2.79. The predicted molar refractivity (Wildman–Crippen MR) is 66.0 cm³/mol. The van der Waals surface area contributed by atoms with Gasteiger partial charge in [-0.15, -0.1) is 0 Å². The van der Waals surface area contributed by atoms with Gasteiger partial charge in [0.05, 0.1) is 0 Å². The van der Waals surface area contributed by atoms with Crippen LogP contribution >= 0.6 is 0 Å². The zero-order chi connectivity index (χ0) is 12.3. The first kappa shape index (κ1) is 15.8. The van der Waals surface area contributed by atoms with Gasteiger partial charge in [0, 0.05) is 17.4 Å². The van der Waals surface area contributed by atoms with Crippen molar-refractivity contribution in [1.82, 2.24) is 0 Å². The van der Waals surface area contributed by atoms with Crippen molar-refractivity contribution in [1.29, 1.82) is 5.41 Å². The molecule has 84 valence electrons. The molecule has 0 aromatic heterocycles. The Hall–Kier alpha value is -1.64. The molecule has 0 spiro atoms. The first-order chi connectivity index (χ1) is 7.08. The van der Waals surface area contributed by atoms with Gasteiger partial charge in [-0.25, -0.2) is 0 Å². The molecule has 0 radical (unpaired) electrons. The van der Waals surface area contributed by atoms with Crippen LogP contribution in [0.3, 0.4) is 0 Å². The second kappa shape index (κ2) is 10.4. The Bertz CT molecular complexity index is 265. The van der Waals surface area contributed by atoms with Gasteiger partial charge in [0.25, 0.3) is 0 Å². The Kier molecular flexibility index (Phi) is 11.0. The van der Waals surface area contributed by atoms with Gasteiger partial charge < -0.3 is 11.1 Å². The lowest BCUT2D eigenvalue weighted by Gasteiger charge is -1.98. The molecule has 0 heterocycles. The van der Waals surface area contributed by atoms with Gasteiger partial charge in [-0.2, -0.15) is 0 Å². The Labute approximate surface area is 91.9 Å². The summed E-state index contributed by atoms with van der Waals surface area (Å²) in [5.41, 5.74) is 5.81. The minimum absolute atomic E-state index is 0.308. The topological polar surface area (TPSA) is 66.9 Å². The van der Waals surface area contributed by atoms with E-state index in [1.165, 1.54) is 12.5 Å². The molecule has 0 bridgehead atoms. The number of allylic oxidation sites excluding steroid dienone is 3. The van der Waals surface area contributed by atoms with Crippen LogP contribution < -0.4 is 5.73 Å². The molecular formula is C12H20N2O. The zero-order valence-corrected chi connectivity index (χ0v) is 9.71. The lowest BCUT2D eigenvalue weighted by atomic mass is 10.1. The molecule has 0 atom stereocenters. The molecule has 3 heteroatoms. The third kappa shape index (κ3) is 7.43. The summed E-state index contributed by atoms with van der Waals surface area (Å²) in [7, 11) is 0. The van der Waals surface area contributed by atoms with Crippen molar-refractivity contribution in [3.63, 3.8) is 0 Å². The smallest absolute Gasteiger partial charge is 0.249 e. The third-order valence-electron chi connectivity index (χ3n) is 1.29. The van der Waals surface area contributed by atoms with E-state index in [4.69, 9.17) is 11.1 Å². The highest BCUT2D eigenvalue weighted by Gasteiger charge is 2.03. The van der Waals surface area contributed by atoms with Crippen molar-refractivity contribution in [3.8, 4) is 0 Å². The summed E-state index contributed by atoms with van der Waals surface area (Å²) in [6, 6.07) is 0. The Morgan fingerprint density at radius 3 is 2.13 bits per heavy atom. The molecule has 15 heavy (non-hydrogen) atoms. The number of nitrogens with one attached hydrogen (secondary N) is 1. The van der Waals surface area contributed by atoms with Crippen LogP contribution in [0.2, 0.25) is 0 Å². The number of rotatable bonds is 4. The minimum atomic E-state index is -0.550. The fourth-order valence-electron chi connectivity index (χ4n) is 0.734. The maximum Gasteiger partial charge on any atom is 0.249 e. The molecule has 3 nitrogen and oxygen atoms in total. The number of carbonyl (C=O) groups excluding carboxylic acids is 1. The van der Waals surface area contributed by atoms with Crippen LogP contribution in [-0.2, 0) is 4.79 Å². The van der Waals surface area contributed by atoms with Crippen LogP contribution in [0, 0.1) is 5.41 Å². The van der Waals surface area contributed by atoms with Crippen LogP contribution in [0.15, 0.2) is 36.0 Å². The van der Waals surface area contributed by atoms with E-state index in [-0.39, 0.29) is 0 Å². The molecule has 0 aromatic carbocycles. The molecule has 0 aliphatic heterocycles. The van der Waals surface area contributed by atoms with E-state index in [0.29, 0.717) is 11.1 Å². The van der Waals surface area contributed by atoms with Crippen molar-refractivity contribution < 1.29 is 4.79 Å². The minimum Gasteiger partial charge on any atom is -0.366 e. The van der Waals surface area contributed by atoms with Crippen LogP contribution in [-0.4, -0.2) is 12.1 Å². The number of amides is 1. The largest absolute Gasteiger partial charge is 0.366 e. The molecule has 0 aromatic rings. The molecule has 0 unspecified atom stereocenters. The highest BCUT2D eigenvalue weighted by molar-refractivity contribution is 6.02. The van der Waals surface area contributed by atoms with Crippen LogP contribution in [0.5, 0.6) is 0 Å². The first-order valence-electron chi connectivity index (χ1n) is 4.88. The summed E-state index contributed by atoms with van der Waals surface area (Å²) in [5, 5.41) is 6.97. The number of carbonyl (C=O) groups is 1. The van der Waals surface area contributed by atoms with E-state index < -0.39 is 5.91 Å². The quantitative estimate of drug-likeness (QED) is 0.416. The maximum absolute atomic E-state index is 10.8. The van der Waals surface area contributed by atoms with E-state index in [0.717, 1.165) is 6.21 Å². The molecule has 0 fully saturated rings. The van der Waals surface area contributed by atoms with Gasteiger partial charge in [0.2, 0.25) is 5.91 Å². The fraction of sp³-hybridized carbons (Fsp3) is 0.333. The van der Waals surface area contributed by atoms with Crippen LogP contribution in [0.1, 0.15) is 27.2 Å². The number of primary amides is 1. The van der Waals surface area contributed by atoms with Gasteiger partial charge in [-0.1, -0.05) is 45.1 Å². The highest BCUT2D eigenvalue weighted by Crippen LogP contribution is 2.04. The number of hydrogen-bond donors (Lipinski definition) is 2. The molecule has 3 N–H and O–H groups in total. The standard InChI is InChI=1S/C9H12N2O.C3H8/c1-3-5-8(9(11)12)7(4-2)6-10;1-3-2/h3-6,10H,2H2,1H3,(H2,11,12);3H2,1-2H3/b5-3-,8-7-,10-6?;. The normalized spacial score (nSPS) is 11.1. The van der Waals surface area contributed by atoms with E-state index in [2.05, 4.69) is 20.4 Å². The van der Waals surface area contributed by atoms with Crippen molar-refractivity contribution in [2.45, 2.75) is 27.2 Å². The average molecular weight is 208 g/mol. The van der Waals surface area contributed by atoms with E-state index in [9.17, 15) is 4.79 Å². The van der Waals surface area contributed by atoms with Gasteiger partial charge in [-0.3, -0.25) is 4.79 Å². The first-order valence-corrected chi connectivity index (χ1v) is 4.88. The monoisotopic (exact) mass is 208 g/mol. The summed E-state index contributed by atoms with van der Waals surface area (Å²) in [6.07, 6.45) is 6.97. The highest BCUT2D eigenvalue weighted by atomic mass is 16.1. The third-order valence-corrected chi connectivity index (χ3v) is 1.29. The summed E-state index contributed by atoms with van der Waals surface area (Å²) in [4.78, 5) is 10.8. The summed E-state index contributed by atoms with van der Waals surface area (Å²) in [6.45, 7) is 9.49.